The van der Waals surface area contributed by atoms with Crippen molar-refractivity contribution in [1.82, 2.24) is 25.1 Å². The molecule has 3 rings (SSSR count). The molecule has 1 fully saturated rings. The van der Waals surface area contributed by atoms with E-state index in [1.54, 1.807) is 10.9 Å². The lowest BCUT2D eigenvalue weighted by molar-refractivity contribution is -0.113. The average Bonchev–Trinajstić information content (AvgIpc) is 2.97. The van der Waals surface area contributed by atoms with Gasteiger partial charge in [0.15, 0.2) is 5.82 Å². The maximum atomic E-state index is 12.1. The predicted molar refractivity (Wildman–Crippen MR) is 94.9 cm³/mol. The van der Waals surface area contributed by atoms with Crippen LogP contribution in [-0.2, 0) is 17.6 Å². The van der Waals surface area contributed by atoms with E-state index in [2.05, 4.69) is 25.7 Å². The van der Waals surface area contributed by atoms with E-state index in [4.69, 9.17) is 0 Å². The Balaban J connectivity index is 1.49. The van der Waals surface area contributed by atoms with Gasteiger partial charge in [-0.2, -0.15) is 10.1 Å². The van der Waals surface area contributed by atoms with E-state index in [0.717, 1.165) is 37.4 Å². The Labute approximate surface area is 145 Å². The Morgan fingerprint density at radius 3 is 3.00 bits per heavy atom. The molecule has 2 aromatic heterocycles. The third-order valence-electron chi connectivity index (χ3n) is 3.94. The number of carbonyl (C=O) groups is 1. The standard InChI is InChI=1S/C16H22N6OS/c1-22-16(20-15(21-22)12-5-8-17-9-6-12)19-14(23)11-24-10-13-4-2-3-7-18-13/h2-4,7,12,17H,5-6,8-11H2,1H3,(H,19,20,21,23). The van der Waals surface area contributed by atoms with Crippen molar-refractivity contribution < 1.29 is 4.79 Å². The molecule has 0 aliphatic carbocycles. The second kappa shape index (κ2) is 8.25. The molecule has 0 aromatic carbocycles. The number of thioether (sulfide) groups is 1. The largest absolute Gasteiger partial charge is 0.317 e. The van der Waals surface area contributed by atoms with Crippen molar-refractivity contribution >= 4 is 23.6 Å². The van der Waals surface area contributed by atoms with Crippen LogP contribution in [0.4, 0.5) is 5.95 Å². The summed E-state index contributed by atoms with van der Waals surface area (Å²) in [5.74, 6) is 2.74. The summed E-state index contributed by atoms with van der Waals surface area (Å²) in [6.45, 7) is 1.99. The third kappa shape index (κ3) is 4.55. The number of rotatable bonds is 6. The number of carbonyl (C=O) groups excluding carboxylic acids is 1. The highest BCUT2D eigenvalue weighted by atomic mass is 32.2. The molecule has 128 valence electrons. The molecule has 0 bridgehead atoms. The van der Waals surface area contributed by atoms with Crippen LogP contribution in [-0.4, -0.2) is 44.5 Å². The molecular formula is C16H22N6OS. The maximum absolute atomic E-state index is 12.1. The Morgan fingerprint density at radius 1 is 1.42 bits per heavy atom. The molecule has 0 atom stereocenters. The average molecular weight is 346 g/mol. The molecule has 1 aliphatic heterocycles. The van der Waals surface area contributed by atoms with Crippen molar-refractivity contribution in [3.05, 3.63) is 35.9 Å². The molecule has 24 heavy (non-hydrogen) atoms. The lowest BCUT2D eigenvalue weighted by Gasteiger charge is -2.19. The lowest BCUT2D eigenvalue weighted by Crippen LogP contribution is -2.27. The number of piperidine rings is 1. The minimum absolute atomic E-state index is 0.0664. The van der Waals surface area contributed by atoms with E-state index < -0.39 is 0 Å². The number of hydrogen-bond donors (Lipinski definition) is 2. The summed E-state index contributed by atoms with van der Waals surface area (Å²) in [5, 5.41) is 10.6. The van der Waals surface area contributed by atoms with Gasteiger partial charge in [0.1, 0.15) is 0 Å². The second-order valence-electron chi connectivity index (χ2n) is 5.80. The van der Waals surface area contributed by atoms with Gasteiger partial charge in [-0.3, -0.25) is 15.1 Å². The fourth-order valence-electron chi connectivity index (χ4n) is 2.66. The van der Waals surface area contributed by atoms with Crippen molar-refractivity contribution in [2.24, 2.45) is 7.05 Å². The van der Waals surface area contributed by atoms with E-state index in [1.807, 2.05) is 25.2 Å². The van der Waals surface area contributed by atoms with Gasteiger partial charge < -0.3 is 5.32 Å². The van der Waals surface area contributed by atoms with Crippen LogP contribution in [0.5, 0.6) is 0 Å². The Morgan fingerprint density at radius 2 is 2.25 bits per heavy atom. The number of anilines is 1. The minimum atomic E-state index is -0.0664. The zero-order valence-corrected chi connectivity index (χ0v) is 14.6. The van der Waals surface area contributed by atoms with Crippen molar-refractivity contribution in [3.63, 3.8) is 0 Å². The van der Waals surface area contributed by atoms with Crippen molar-refractivity contribution in [2.45, 2.75) is 24.5 Å². The summed E-state index contributed by atoms with van der Waals surface area (Å²) in [5.41, 5.74) is 0.974. The zero-order chi connectivity index (χ0) is 16.8. The minimum Gasteiger partial charge on any atom is -0.317 e. The van der Waals surface area contributed by atoms with Crippen LogP contribution >= 0.6 is 11.8 Å². The zero-order valence-electron chi connectivity index (χ0n) is 13.7. The molecule has 1 aliphatic rings. The van der Waals surface area contributed by atoms with Gasteiger partial charge in [-0.25, -0.2) is 4.68 Å². The molecule has 3 heterocycles. The van der Waals surface area contributed by atoms with Crippen LogP contribution in [0.3, 0.4) is 0 Å². The fourth-order valence-corrected chi connectivity index (χ4v) is 3.40. The number of aryl methyl sites for hydroxylation is 1. The highest BCUT2D eigenvalue weighted by molar-refractivity contribution is 7.99. The van der Waals surface area contributed by atoms with Crippen molar-refractivity contribution in [2.75, 3.05) is 24.2 Å². The first kappa shape index (κ1) is 16.9. The SMILES string of the molecule is Cn1nc(C2CCNCC2)nc1NC(=O)CSCc1ccccn1. The molecular weight excluding hydrogens is 324 g/mol. The van der Waals surface area contributed by atoms with Crippen molar-refractivity contribution in [3.8, 4) is 0 Å². The summed E-state index contributed by atoms with van der Waals surface area (Å²) in [6.07, 6.45) is 3.84. The van der Waals surface area contributed by atoms with Gasteiger partial charge in [-0.1, -0.05) is 6.07 Å². The monoisotopic (exact) mass is 346 g/mol. The van der Waals surface area contributed by atoms with Crippen LogP contribution in [0.1, 0.15) is 30.3 Å². The molecule has 2 N–H and O–H groups in total. The van der Waals surface area contributed by atoms with E-state index in [1.165, 1.54) is 11.8 Å². The highest BCUT2D eigenvalue weighted by Gasteiger charge is 2.21. The molecule has 0 unspecified atom stereocenters. The van der Waals surface area contributed by atoms with E-state index in [9.17, 15) is 4.79 Å². The second-order valence-corrected chi connectivity index (χ2v) is 6.79. The van der Waals surface area contributed by atoms with Crippen LogP contribution in [0, 0.1) is 0 Å². The normalized spacial score (nSPS) is 15.4. The number of nitrogens with zero attached hydrogens (tertiary/aromatic N) is 4. The van der Waals surface area contributed by atoms with Crippen LogP contribution in [0.15, 0.2) is 24.4 Å². The van der Waals surface area contributed by atoms with Crippen LogP contribution < -0.4 is 10.6 Å². The summed E-state index contributed by atoms with van der Waals surface area (Å²) in [7, 11) is 1.81. The number of amides is 1. The number of pyridine rings is 1. The molecule has 0 radical (unpaired) electrons. The Bertz CT molecular complexity index is 668. The topological polar surface area (TPSA) is 84.7 Å². The smallest absolute Gasteiger partial charge is 0.236 e. The molecule has 2 aromatic rings. The number of nitrogens with one attached hydrogen (secondary N) is 2. The van der Waals surface area contributed by atoms with Gasteiger partial charge in [0.2, 0.25) is 11.9 Å². The van der Waals surface area contributed by atoms with Gasteiger partial charge in [0, 0.05) is 24.9 Å². The van der Waals surface area contributed by atoms with E-state index >= 15 is 0 Å². The Hall–Kier alpha value is -1.93. The molecule has 8 heteroatoms. The number of aromatic nitrogens is 4. The van der Waals surface area contributed by atoms with Gasteiger partial charge in [-0.15, -0.1) is 11.8 Å². The third-order valence-corrected chi connectivity index (χ3v) is 4.91. The van der Waals surface area contributed by atoms with Gasteiger partial charge in [0.05, 0.1) is 11.4 Å². The summed E-state index contributed by atoms with van der Waals surface area (Å²) >= 11 is 1.53. The van der Waals surface area contributed by atoms with E-state index in [0.29, 0.717) is 23.4 Å². The quantitative estimate of drug-likeness (QED) is 0.825. The highest BCUT2D eigenvalue weighted by Crippen LogP contribution is 2.23. The summed E-state index contributed by atoms with van der Waals surface area (Å²) in [6, 6.07) is 5.79. The first-order chi connectivity index (χ1) is 11.7. The summed E-state index contributed by atoms with van der Waals surface area (Å²) in [4.78, 5) is 20.9. The molecule has 1 amide bonds. The predicted octanol–water partition coefficient (Wildman–Crippen LogP) is 1.55. The molecule has 7 nitrogen and oxygen atoms in total. The fraction of sp³-hybridized carbons (Fsp3) is 0.500. The van der Waals surface area contributed by atoms with Crippen LogP contribution in [0.2, 0.25) is 0 Å². The van der Waals surface area contributed by atoms with Gasteiger partial charge in [-0.05, 0) is 38.1 Å². The first-order valence-corrected chi connectivity index (χ1v) is 9.27. The Kier molecular flexibility index (Phi) is 5.81. The summed E-state index contributed by atoms with van der Waals surface area (Å²) < 4.78 is 1.65. The molecule has 0 saturated carbocycles. The van der Waals surface area contributed by atoms with Gasteiger partial charge >= 0.3 is 0 Å². The van der Waals surface area contributed by atoms with Crippen LogP contribution in [0.25, 0.3) is 0 Å². The van der Waals surface area contributed by atoms with Gasteiger partial charge in [0.25, 0.3) is 0 Å². The number of hydrogen-bond acceptors (Lipinski definition) is 6. The maximum Gasteiger partial charge on any atom is 0.236 e. The van der Waals surface area contributed by atoms with Crippen molar-refractivity contribution in [1.29, 1.82) is 0 Å². The molecule has 0 spiro atoms. The first-order valence-electron chi connectivity index (χ1n) is 8.11. The lowest BCUT2D eigenvalue weighted by atomic mass is 9.98. The van der Waals surface area contributed by atoms with E-state index in [-0.39, 0.29) is 5.91 Å². The molecule has 1 saturated heterocycles.